The second kappa shape index (κ2) is 12.3. The molecule has 0 saturated carbocycles. The van der Waals surface area contributed by atoms with E-state index in [1.54, 1.807) is 38.1 Å². The van der Waals surface area contributed by atoms with Crippen molar-refractivity contribution in [2.24, 2.45) is 5.92 Å². The van der Waals surface area contributed by atoms with Crippen LogP contribution in [0.2, 0.25) is 0 Å². The number of ether oxygens (including phenoxy) is 2. The second-order valence-electron chi connectivity index (χ2n) is 8.79. The van der Waals surface area contributed by atoms with Gasteiger partial charge >= 0.3 is 5.97 Å². The summed E-state index contributed by atoms with van der Waals surface area (Å²) < 4.78 is 10.9. The predicted molar refractivity (Wildman–Crippen MR) is 129 cm³/mol. The molecular weight excluding hydrogens is 450 g/mol. The van der Waals surface area contributed by atoms with Crippen molar-refractivity contribution in [3.63, 3.8) is 0 Å². The van der Waals surface area contributed by atoms with Gasteiger partial charge in [0.1, 0.15) is 23.4 Å². The Balaban J connectivity index is 1.54. The average Bonchev–Trinajstić information content (AvgIpc) is 3.24. The molecule has 9 nitrogen and oxygen atoms in total. The summed E-state index contributed by atoms with van der Waals surface area (Å²) in [7, 11) is 0. The van der Waals surface area contributed by atoms with Gasteiger partial charge in [-0.15, -0.1) is 0 Å². The molecule has 0 radical (unpaired) electrons. The lowest BCUT2D eigenvalue weighted by molar-refractivity contribution is -0.145. The number of aromatic nitrogens is 2. The fraction of sp³-hybridized carbons (Fsp3) is 0.500. The van der Waals surface area contributed by atoms with E-state index in [9.17, 15) is 19.2 Å². The van der Waals surface area contributed by atoms with E-state index in [-0.39, 0.29) is 36.7 Å². The number of H-pyrrole nitrogens is 1. The first kappa shape index (κ1) is 26.1. The van der Waals surface area contributed by atoms with Gasteiger partial charge in [0.25, 0.3) is 11.5 Å². The van der Waals surface area contributed by atoms with Crippen LogP contribution in [-0.4, -0.2) is 46.9 Å². The molecule has 1 aliphatic carbocycles. The Labute approximate surface area is 204 Å². The number of esters is 1. The molecule has 0 bridgehead atoms. The molecular formula is C26H33N3O6. The lowest BCUT2D eigenvalue weighted by atomic mass is 10.1. The van der Waals surface area contributed by atoms with E-state index < -0.39 is 17.9 Å². The van der Waals surface area contributed by atoms with Crippen molar-refractivity contribution in [3.05, 3.63) is 57.3 Å². The number of rotatable bonds is 12. The molecule has 1 aromatic heterocycles. The molecule has 35 heavy (non-hydrogen) atoms. The molecule has 1 aromatic carbocycles. The highest BCUT2D eigenvalue weighted by Gasteiger charge is 2.26. The number of nitrogens with one attached hydrogen (secondary N) is 2. The SMILES string of the molecule is CCCC(=O)CC[C@H](NC(=O)c1ccc(OCC2Cc3nc(C)[nH]c(=O)c3C2)cc1)C(=O)OCC. The van der Waals surface area contributed by atoms with Crippen molar-refractivity contribution in [1.29, 1.82) is 0 Å². The Bertz CT molecular complexity index is 1110. The third-order valence-corrected chi connectivity index (χ3v) is 5.91. The summed E-state index contributed by atoms with van der Waals surface area (Å²) in [6.07, 6.45) is 2.91. The van der Waals surface area contributed by atoms with E-state index in [0.717, 1.165) is 17.7 Å². The van der Waals surface area contributed by atoms with E-state index >= 15 is 0 Å². The molecule has 1 aliphatic rings. The van der Waals surface area contributed by atoms with Crippen molar-refractivity contribution in [2.45, 2.75) is 65.3 Å². The number of hydrogen-bond donors (Lipinski definition) is 2. The van der Waals surface area contributed by atoms with Crippen LogP contribution < -0.4 is 15.6 Å². The van der Waals surface area contributed by atoms with E-state index in [1.807, 2.05) is 6.92 Å². The highest BCUT2D eigenvalue weighted by atomic mass is 16.5. The minimum absolute atomic E-state index is 0.0541. The smallest absolute Gasteiger partial charge is 0.328 e. The van der Waals surface area contributed by atoms with Gasteiger partial charge in [-0.2, -0.15) is 0 Å². The predicted octanol–water partition coefficient (Wildman–Crippen LogP) is 2.68. The van der Waals surface area contributed by atoms with Crippen molar-refractivity contribution in [3.8, 4) is 5.75 Å². The van der Waals surface area contributed by atoms with Gasteiger partial charge in [-0.05, 0) is 63.8 Å². The van der Waals surface area contributed by atoms with Crippen LogP contribution in [0.3, 0.4) is 0 Å². The van der Waals surface area contributed by atoms with Crippen molar-refractivity contribution < 1.29 is 23.9 Å². The zero-order valence-electron chi connectivity index (χ0n) is 20.5. The van der Waals surface area contributed by atoms with Gasteiger partial charge in [-0.25, -0.2) is 9.78 Å². The van der Waals surface area contributed by atoms with Crippen molar-refractivity contribution in [2.75, 3.05) is 13.2 Å². The standard InChI is InChI=1S/C26H33N3O6/c1-4-6-19(30)9-12-22(26(33)34-5-2)29-24(31)18-7-10-20(11-8-18)35-15-17-13-21-23(14-17)27-16(3)28-25(21)32/h7-8,10-11,17,22H,4-6,9,12-15H2,1-3H3,(H,29,31)(H,27,28,32)/t17?,22-/m0/s1. The second-order valence-corrected chi connectivity index (χ2v) is 8.79. The van der Waals surface area contributed by atoms with Gasteiger partial charge in [0.15, 0.2) is 0 Å². The van der Waals surface area contributed by atoms with Gasteiger partial charge in [-0.1, -0.05) is 6.92 Å². The molecule has 188 valence electrons. The zero-order valence-corrected chi connectivity index (χ0v) is 20.5. The molecule has 1 heterocycles. The van der Waals surface area contributed by atoms with Crippen LogP contribution in [0.25, 0.3) is 0 Å². The molecule has 2 atom stereocenters. The Hall–Kier alpha value is -3.49. The van der Waals surface area contributed by atoms with Gasteiger partial charge < -0.3 is 19.8 Å². The molecule has 3 rings (SSSR count). The first-order valence-electron chi connectivity index (χ1n) is 12.1. The van der Waals surface area contributed by atoms with E-state index in [2.05, 4.69) is 15.3 Å². The molecule has 0 aliphatic heterocycles. The first-order valence-corrected chi connectivity index (χ1v) is 12.1. The molecule has 0 spiro atoms. The number of nitrogens with zero attached hydrogens (tertiary/aromatic N) is 1. The van der Waals surface area contributed by atoms with Crippen LogP contribution in [0.5, 0.6) is 5.75 Å². The Morgan fingerprint density at radius 3 is 2.57 bits per heavy atom. The maximum atomic E-state index is 12.7. The number of carbonyl (C=O) groups is 3. The summed E-state index contributed by atoms with van der Waals surface area (Å²) >= 11 is 0. The Kier molecular flexibility index (Phi) is 9.17. The minimum Gasteiger partial charge on any atom is -0.493 e. The fourth-order valence-corrected chi connectivity index (χ4v) is 4.16. The zero-order chi connectivity index (χ0) is 25.4. The third-order valence-electron chi connectivity index (χ3n) is 5.91. The number of aromatic amines is 1. The van der Waals surface area contributed by atoms with Crippen LogP contribution in [0.15, 0.2) is 29.1 Å². The molecule has 1 unspecified atom stereocenters. The molecule has 0 saturated heterocycles. The van der Waals surface area contributed by atoms with Crippen LogP contribution in [0.1, 0.15) is 67.0 Å². The molecule has 1 amide bonds. The summed E-state index contributed by atoms with van der Waals surface area (Å²) in [6.45, 7) is 6.00. The topological polar surface area (TPSA) is 127 Å². The van der Waals surface area contributed by atoms with Crippen LogP contribution in [0, 0.1) is 12.8 Å². The molecule has 2 N–H and O–H groups in total. The van der Waals surface area contributed by atoms with Gasteiger partial charge in [0, 0.05) is 29.9 Å². The van der Waals surface area contributed by atoms with Crippen LogP contribution in [-0.2, 0) is 27.2 Å². The van der Waals surface area contributed by atoms with Crippen molar-refractivity contribution in [1.82, 2.24) is 15.3 Å². The number of Topliss-reactive ketones (excluding diaryl/α,β-unsaturated/α-hetero) is 1. The number of hydrogen-bond acceptors (Lipinski definition) is 7. The van der Waals surface area contributed by atoms with E-state index in [1.165, 1.54) is 0 Å². The summed E-state index contributed by atoms with van der Waals surface area (Å²) in [5.74, 6) is 0.447. The Morgan fingerprint density at radius 1 is 1.14 bits per heavy atom. The van der Waals surface area contributed by atoms with E-state index in [4.69, 9.17) is 9.47 Å². The molecule has 0 fully saturated rings. The van der Waals surface area contributed by atoms with Crippen LogP contribution in [0.4, 0.5) is 0 Å². The lowest BCUT2D eigenvalue weighted by Crippen LogP contribution is -2.42. The molecule has 2 aromatic rings. The monoisotopic (exact) mass is 483 g/mol. The number of benzene rings is 1. The number of ketones is 1. The highest BCUT2D eigenvalue weighted by molar-refractivity contribution is 5.97. The minimum atomic E-state index is -0.886. The summed E-state index contributed by atoms with van der Waals surface area (Å²) in [5.41, 5.74) is 1.84. The quantitative estimate of drug-likeness (QED) is 0.444. The number of carbonyl (C=O) groups excluding carboxylic acids is 3. The number of fused-ring (bicyclic) bond motifs is 1. The summed E-state index contributed by atoms with van der Waals surface area (Å²) in [6, 6.07) is 5.73. The number of aryl methyl sites for hydroxylation is 1. The van der Waals surface area contributed by atoms with Crippen LogP contribution >= 0.6 is 0 Å². The van der Waals surface area contributed by atoms with Gasteiger partial charge in [0.2, 0.25) is 0 Å². The molecule has 9 heteroatoms. The maximum absolute atomic E-state index is 12.7. The summed E-state index contributed by atoms with van der Waals surface area (Å²) in [4.78, 5) is 56.1. The largest absolute Gasteiger partial charge is 0.493 e. The lowest BCUT2D eigenvalue weighted by Gasteiger charge is -2.17. The highest BCUT2D eigenvalue weighted by Crippen LogP contribution is 2.24. The first-order chi connectivity index (χ1) is 16.8. The van der Waals surface area contributed by atoms with Gasteiger partial charge in [-0.3, -0.25) is 14.4 Å². The van der Waals surface area contributed by atoms with Crippen molar-refractivity contribution >= 4 is 17.7 Å². The van der Waals surface area contributed by atoms with E-state index in [0.29, 0.717) is 43.0 Å². The van der Waals surface area contributed by atoms with Gasteiger partial charge in [0.05, 0.1) is 18.9 Å². The maximum Gasteiger partial charge on any atom is 0.328 e. The number of amides is 1. The summed E-state index contributed by atoms with van der Waals surface area (Å²) in [5, 5.41) is 2.69. The fourth-order valence-electron chi connectivity index (χ4n) is 4.16. The Morgan fingerprint density at radius 2 is 1.89 bits per heavy atom. The normalized spacial score (nSPS) is 15.2. The average molecular weight is 484 g/mol. The third kappa shape index (κ3) is 7.24.